The Morgan fingerprint density at radius 1 is 0.968 bits per heavy atom. The number of aromatic nitrogens is 2. The number of nitrogens with one attached hydrogen (secondary N) is 1. The summed E-state index contributed by atoms with van der Waals surface area (Å²) in [5.41, 5.74) is 1.81. The summed E-state index contributed by atoms with van der Waals surface area (Å²) in [5, 5.41) is 3.12. The van der Waals surface area contributed by atoms with Crippen molar-refractivity contribution in [3.63, 3.8) is 0 Å². The highest BCUT2D eigenvalue weighted by atomic mass is 19.2. The Kier molecular flexibility index (Phi) is 5.41. The van der Waals surface area contributed by atoms with E-state index in [1.54, 1.807) is 60.7 Å². The number of rotatable bonds is 4. The number of benzene rings is 3. The molecule has 0 saturated carbocycles. The molecule has 0 aliphatic rings. The van der Waals surface area contributed by atoms with Gasteiger partial charge in [-0.05, 0) is 60.2 Å². The number of carbonyl (C=O) groups is 1. The second-order valence-electron chi connectivity index (χ2n) is 6.86. The normalized spacial score (nSPS) is 11.2. The number of nitrogens with zero attached hydrogens (tertiary/aromatic N) is 2. The van der Waals surface area contributed by atoms with Gasteiger partial charge in [0.05, 0.1) is 16.6 Å². The van der Waals surface area contributed by atoms with Crippen LogP contribution in [0.2, 0.25) is 0 Å². The van der Waals surface area contributed by atoms with Crippen LogP contribution < -0.4 is 10.9 Å². The van der Waals surface area contributed by atoms with Crippen molar-refractivity contribution in [2.45, 2.75) is 6.92 Å². The van der Waals surface area contributed by atoms with Crippen molar-refractivity contribution in [2.24, 2.45) is 0 Å². The third kappa shape index (κ3) is 4.25. The lowest BCUT2D eigenvalue weighted by atomic mass is 10.2. The van der Waals surface area contributed by atoms with E-state index in [0.717, 1.165) is 12.1 Å². The van der Waals surface area contributed by atoms with Crippen LogP contribution in [0.3, 0.4) is 0 Å². The summed E-state index contributed by atoms with van der Waals surface area (Å²) < 4.78 is 28.2. The Balaban J connectivity index is 1.85. The quantitative estimate of drug-likeness (QED) is 0.519. The van der Waals surface area contributed by atoms with Crippen LogP contribution in [0.1, 0.15) is 18.3 Å². The molecule has 0 radical (unpaired) electrons. The van der Waals surface area contributed by atoms with Crippen molar-refractivity contribution in [3.8, 4) is 5.69 Å². The molecule has 7 heteroatoms. The van der Waals surface area contributed by atoms with Crippen LogP contribution in [0.15, 0.2) is 71.5 Å². The predicted molar refractivity (Wildman–Crippen MR) is 117 cm³/mol. The summed E-state index contributed by atoms with van der Waals surface area (Å²) >= 11 is 0. The largest absolute Gasteiger partial charge is 0.326 e. The molecular formula is C24H17F2N3O2. The fourth-order valence-electron chi connectivity index (χ4n) is 3.20. The Bertz CT molecular complexity index is 1380. The fraction of sp³-hybridized carbons (Fsp3) is 0.0417. The van der Waals surface area contributed by atoms with E-state index in [0.29, 0.717) is 33.7 Å². The second kappa shape index (κ2) is 8.31. The summed E-state index contributed by atoms with van der Waals surface area (Å²) in [5.74, 6) is -1.77. The maximum atomic E-state index is 13.5. The van der Waals surface area contributed by atoms with Crippen LogP contribution in [0.4, 0.5) is 14.5 Å². The molecule has 3 aromatic carbocycles. The zero-order valence-corrected chi connectivity index (χ0v) is 16.5. The van der Waals surface area contributed by atoms with E-state index in [1.165, 1.54) is 17.6 Å². The number of hydrogen-bond donors (Lipinski definition) is 1. The topological polar surface area (TPSA) is 64.0 Å². The van der Waals surface area contributed by atoms with Crippen molar-refractivity contribution in [2.75, 3.05) is 5.32 Å². The molecule has 0 atom stereocenters. The van der Waals surface area contributed by atoms with E-state index >= 15 is 0 Å². The van der Waals surface area contributed by atoms with Gasteiger partial charge < -0.3 is 5.32 Å². The number of para-hydroxylation sites is 1. The Labute approximate surface area is 176 Å². The number of carbonyl (C=O) groups excluding carboxylic acids is 1. The van der Waals surface area contributed by atoms with Gasteiger partial charge in [-0.2, -0.15) is 0 Å². The molecule has 0 spiro atoms. The molecule has 1 aromatic heterocycles. The molecule has 1 amide bonds. The van der Waals surface area contributed by atoms with Gasteiger partial charge in [-0.1, -0.05) is 24.3 Å². The maximum Gasteiger partial charge on any atom is 0.266 e. The molecule has 0 aliphatic carbocycles. The molecule has 4 aromatic rings. The number of amides is 1. The first-order valence-corrected chi connectivity index (χ1v) is 9.45. The number of anilines is 1. The number of fused-ring (bicyclic) bond motifs is 1. The highest BCUT2D eigenvalue weighted by Gasteiger charge is 2.11. The van der Waals surface area contributed by atoms with Crippen LogP contribution in [0, 0.1) is 11.6 Å². The van der Waals surface area contributed by atoms with Gasteiger partial charge in [0.15, 0.2) is 11.6 Å². The van der Waals surface area contributed by atoms with Crippen molar-refractivity contribution < 1.29 is 13.6 Å². The molecule has 0 saturated heterocycles. The predicted octanol–water partition coefficient (Wildman–Crippen LogP) is 4.79. The first-order valence-electron chi connectivity index (χ1n) is 9.45. The first-order chi connectivity index (χ1) is 14.9. The zero-order valence-electron chi connectivity index (χ0n) is 16.5. The van der Waals surface area contributed by atoms with Crippen LogP contribution in [0.5, 0.6) is 0 Å². The van der Waals surface area contributed by atoms with Gasteiger partial charge in [0, 0.05) is 12.6 Å². The van der Waals surface area contributed by atoms with E-state index < -0.39 is 11.6 Å². The van der Waals surface area contributed by atoms with Gasteiger partial charge in [-0.25, -0.2) is 13.8 Å². The molecule has 0 unspecified atom stereocenters. The SMILES string of the molecule is CC(=O)Nc1ccc(-n2c(C=Cc3ccc(F)c(F)c3)nc3ccccc3c2=O)cc1. The molecule has 4 rings (SSSR count). The molecule has 154 valence electrons. The van der Waals surface area contributed by atoms with Gasteiger partial charge >= 0.3 is 0 Å². The summed E-state index contributed by atoms with van der Waals surface area (Å²) in [6.45, 7) is 1.41. The minimum absolute atomic E-state index is 0.201. The van der Waals surface area contributed by atoms with E-state index in [4.69, 9.17) is 0 Å². The third-order valence-corrected chi connectivity index (χ3v) is 4.62. The molecule has 0 fully saturated rings. The minimum Gasteiger partial charge on any atom is -0.326 e. The molecule has 1 heterocycles. The third-order valence-electron chi connectivity index (χ3n) is 4.62. The lowest BCUT2D eigenvalue weighted by Crippen LogP contribution is -2.22. The average Bonchev–Trinajstić information content (AvgIpc) is 2.75. The molecule has 5 nitrogen and oxygen atoms in total. The lowest BCUT2D eigenvalue weighted by molar-refractivity contribution is -0.114. The van der Waals surface area contributed by atoms with Gasteiger partial charge in [-0.15, -0.1) is 0 Å². The number of halogens is 2. The summed E-state index contributed by atoms with van der Waals surface area (Å²) in [7, 11) is 0. The molecule has 31 heavy (non-hydrogen) atoms. The highest BCUT2D eigenvalue weighted by Crippen LogP contribution is 2.18. The summed E-state index contributed by atoms with van der Waals surface area (Å²) in [6, 6.07) is 17.2. The minimum atomic E-state index is -0.959. The average molecular weight is 417 g/mol. The van der Waals surface area contributed by atoms with Gasteiger partial charge in [-0.3, -0.25) is 14.2 Å². The maximum absolute atomic E-state index is 13.5. The monoisotopic (exact) mass is 417 g/mol. The van der Waals surface area contributed by atoms with Crippen LogP contribution in [-0.4, -0.2) is 15.5 Å². The fourth-order valence-corrected chi connectivity index (χ4v) is 3.20. The van der Waals surface area contributed by atoms with Crippen molar-refractivity contribution in [1.82, 2.24) is 9.55 Å². The molecule has 0 bridgehead atoms. The van der Waals surface area contributed by atoms with Crippen molar-refractivity contribution in [1.29, 1.82) is 0 Å². The second-order valence-corrected chi connectivity index (χ2v) is 6.86. The van der Waals surface area contributed by atoms with Crippen molar-refractivity contribution >= 4 is 34.6 Å². The Morgan fingerprint density at radius 2 is 1.71 bits per heavy atom. The highest BCUT2D eigenvalue weighted by molar-refractivity contribution is 5.88. The van der Waals surface area contributed by atoms with Gasteiger partial charge in [0.1, 0.15) is 5.82 Å². The zero-order chi connectivity index (χ0) is 22.0. The first kappa shape index (κ1) is 20.2. The Morgan fingerprint density at radius 3 is 2.42 bits per heavy atom. The Hall–Kier alpha value is -4.13. The van der Waals surface area contributed by atoms with Crippen molar-refractivity contribution in [3.05, 3.63) is 100 Å². The summed E-state index contributed by atoms with van der Waals surface area (Å²) in [6.07, 6.45) is 3.13. The van der Waals surface area contributed by atoms with E-state index in [-0.39, 0.29) is 11.5 Å². The summed E-state index contributed by atoms with van der Waals surface area (Å²) in [4.78, 5) is 29.1. The van der Waals surface area contributed by atoms with E-state index in [9.17, 15) is 18.4 Å². The molecular weight excluding hydrogens is 400 g/mol. The van der Waals surface area contributed by atoms with E-state index in [1.807, 2.05) is 0 Å². The van der Waals surface area contributed by atoms with Crippen LogP contribution in [-0.2, 0) is 4.79 Å². The van der Waals surface area contributed by atoms with Gasteiger partial charge in [0.25, 0.3) is 5.56 Å². The van der Waals surface area contributed by atoms with Gasteiger partial charge in [0.2, 0.25) is 5.91 Å². The molecule has 0 aliphatic heterocycles. The lowest BCUT2D eigenvalue weighted by Gasteiger charge is -2.12. The van der Waals surface area contributed by atoms with Crippen LogP contribution in [0.25, 0.3) is 28.7 Å². The standard InChI is InChI=1S/C24H17F2N3O2/c1-15(30)27-17-8-10-18(11-9-17)29-23(13-7-16-6-12-20(25)21(26)14-16)28-22-5-3-2-4-19(22)24(29)31/h2-14H,1H3,(H,27,30). The smallest absolute Gasteiger partial charge is 0.266 e. The number of hydrogen-bond acceptors (Lipinski definition) is 3. The molecule has 1 N–H and O–H groups in total. The van der Waals surface area contributed by atoms with Crippen LogP contribution >= 0.6 is 0 Å². The van der Waals surface area contributed by atoms with E-state index in [2.05, 4.69) is 10.3 Å².